The van der Waals surface area contributed by atoms with Gasteiger partial charge in [0.15, 0.2) is 6.61 Å². The number of halogens is 1. The predicted molar refractivity (Wildman–Crippen MR) is 137 cm³/mol. The van der Waals surface area contributed by atoms with E-state index in [-0.39, 0.29) is 35.2 Å². The molecule has 1 N–H and O–H groups in total. The third-order valence-corrected chi connectivity index (χ3v) is 6.23. The smallest absolute Gasteiger partial charge is 0.293 e. The van der Waals surface area contributed by atoms with E-state index in [0.717, 1.165) is 16.7 Å². The molecule has 11 heteroatoms. The summed E-state index contributed by atoms with van der Waals surface area (Å²) in [6.07, 6.45) is 1.56. The molecule has 1 aliphatic rings. The number of ether oxygens (including phenoxy) is 1. The molecule has 3 aromatic rings. The number of para-hydroxylation sites is 1. The van der Waals surface area contributed by atoms with E-state index < -0.39 is 16.1 Å². The zero-order valence-corrected chi connectivity index (χ0v) is 20.1. The molecular weight excluding hydrogens is 506 g/mol. The Kier molecular flexibility index (Phi) is 7.67. The molecule has 3 amide bonds. The highest BCUT2D eigenvalue weighted by Gasteiger charge is 2.36. The number of hydrogen-bond donors (Lipinski definition) is 1. The van der Waals surface area contributed by atoms with Crippen LogP contribution in [0, 0.1) is 10.1 Å². The van der Waals surface area contributed by atoms with Gasteiger partial charge in [-0.25, -0.2) is 0 Å². The summed E-state index contributed by atoms with van der Waals surface area (Å²) in [7, 11) is 0. The molecule has 0 radical (unpaired) electrons. The molecular formula is C25H18ClN3O6S. The summed E-state index contributed by atoms with van der Waals surface area (Å²) in [5, 5.41) is 14.0. The minimum Gasteiger partial charge on any atom is -0.484 e. The van der Waals surface area contributed by atoms with E-state index in [2.05, 4.69) is 5.32 Å². The maximum atomic E-state index is 12.8. The van der Waals surface area contributed by atoms with Gasteiger partial charge in [0.25, 0.3) is 22.7 Å². The Morgan fingerprint density at radius 3 is 2.44 bits per heavy atom. The van der Waals surface area contributed by atoms with Crippen LogP contribution in [0.5, 0.6) is 5.75 Å². The number of imide groups is 1. The lowest BCUT2D eigenvalue weighted by Gasteiger charge is -2.12. The molecule has 9 nitrogen and oxygen atoms in total. The normalized spacial score (nSPS) is 14.2. The van der Waals surface area contributed by atoms with Crippen molar-refractivity contribution in [3.05, 3.63) is 104 Å². The van der Waals surface area contributed by atoms with Crippen molar-refractivity contribution in [1.29, 1.82) is 0 Å². The van der Waals surface area contributed by atoms with Crippen LogP contribution >= 0.6 is 23.4 Å². The van der Waals surface area contributed by atoms with Gasteiger partial charge < -0.3 is 10.1 Å². The van der Waals surface area contributed by atoms with E-state index in [4.69, 9.17) is 16.3 Å². The predicted octanol–water partition coefficient (Wildman–Crippen LogP) is 5.50. The molecule has 0 aliphatic carbocycles. The standard InChI is InChI=1S/C25H18ClN3O6S/c26-18-7-9-19(10-8-18)27-23(30)15-35-20-11-5-16(6-12-20)13-22-24(31)28(25(32)36-22)14-17-3-1-2-4-21(17)29(33)34/h1-13H,14-15H2,(H,27,30)/b22-13-. The van der Waals surface area contributed by atoms with E-state index in [9.17, 15) is 24.5 Å². The summed E-state index contributed by atoms with van der Waals surface area (Å²) in [4.78, 5) is 49.1. The highest BCUT2D eigenvalue weighted by Crippen LogP contribution is 2.34. The van der Waals surface area contributed by atoms with E-state index in [0.29, 0.717) is 22.0 Å². The molecule has 1 heterocycles. The Bertz CT molecular complexity index is 1360. The van der Waals surface area contributed by atoms with Crippen LogP contribution in [0.2, 0.25) is 5.02 Å². The zero-order chi connectivity index (χ0) is 25.7. The average molecular weight is 524 g/mol. The van der Waals surface area contributed by atoms with Gasteiger partial charge in [0, 0.05) is 22.3 Å². The summed E-state index contributed by atoms with van der Waals surface area (Å²) in [6.45, 7) is -0.392. The molecule has 0 aromatic heterocycles. The number of nitro benzene ring substituents is 1. The van der Waals surface area contributed by atoms with E-state index in [1.807, 2.05) is 0 Å². The van der Waals surface area contributed by atoms with Crippen LogP contribution in [-0.4, -0.2) is 33.5 Å². The highest BCUT2D eigenvalue weighted by atomic mass is 35.5. The lowest BCUT2D eigenvalue weighted by molar-refractivity contribution is -0.385. The first-order chi connectivity index (χ1) is 17.3. The number of anilines is 1. The Hall–Kier alpha value is -4.15. The molecule has 3 aromatic carbocycles. The van der Waals surface area contributed by atoms with Gasteiger partial charge in [0.05, 0.1) is 16.4 Å². The number of nitro groups is 1. The van der Waals surface area contributed by atoms with Crippen molar-refractivity contribution in [2.24, 2.45) is 0 Å². The van der Waals surface area contributed by atoms with Crippen LogP contribution in [0.15, 0.2) is 77.7 Å². The van der Waals surface area contributed by atoms with Gasteiger partial charge in [0.2, 0.25) is 0 Å². The van der Waals surface area contributed by atoms with Gasteiger partial charge >= 0.3 is 0 Å². The van der Waals surface area contributed by atoms with E-state index >= 15 is 0 Å². The molecule has 4 rings (SSSR count). The van der Waals surface area contributed by atoms with Crippen molar-refractivity contribution in [1.82, 2.24) is 4.90 Å². The maximum absolute atomic E-state index is 12.8. The average Bonchev–Trinajstić information content (AvgIpc) is 3.12. The minimum absolute atomic E-state index is 0.155. The Balaban J connectivity index is 1.36. The summed E-state index contributed by atoms with van der Waals surface area (Å²) in [5.74, 6) is -0.418. The van der Waals surface area contributed by atoms with Crippen LogP contribution in [0.1, 0.15) is 11.1 Å². The summed E-state index contributed by atoms with van der Waals surface area (Å²) < 4.78 is 5.49. The Labute approximate surface area is 214 Å². The van der Waals surface area contributed by atoms with Crippen LogP contribution in [0.25, 0.3) is 6.08 Å². The number of carbonyl (C=O) groups excluding carboxylic acids is 3. The Morgan fingerprint density at radius 2 is 1.75 bits per heavy atom. The summed E-state index contributed by atoms with van der Waals surface area (Å²) >= 11 is 6.59. The van der Waals surface area contributed by atoms with Gasteiger partial charge in [0.1, 0.15) is 5.75 Å². The van der Waals surface area contributed by atoms with Gasteiger partial charge in [-0.15, -0.1) is 0 Å². The molecule has 0 saturated carbocycles. The molecule has 1 aliphatic heterocycles. The number of nitrogens with zero attached hydrogens (tertiary/aromatic N) is 2. The van der Waals surface area contributed by atoms with E-state index in [1.165, 1.54) is 18.2 Å². The maximum Gasteiger partial charge on any atom is 0.293 e. The second-order valence-corrected chi connectivity index (χ2v) is 9.00. The molecule has 36 heavy (non-hydrogen) atoms. The molecule has 1 fully saturated rings. The van der Waals surface area contributed by atoms with Gasteiger partial charge in [-0.05, 0) is 59.8 Å². The lowest BCUT2D eigenvalue weighted by Crippen LogP contribution is -2.27. The number of benzene rings is 3. The fraction of sp³-hybridized carbons (Fsp3) is 0.0800. The number of carbonyl (C=O) groups is 3. The highest BCUT2D eigenvalue weighted by molar-refractivity contribution is 8.18. The summed E-state index contributed by atoms with van der Waals surface area (Å²) in [5.41, 5.74) is 1.36. The fourth-order valence-corrected chi connectivity index (χ4v) is 4.28. The zero-order valence-electron chi connectivity index (χ0n) is 18.5. The van der Waals surface area contributed by atoms with Crippen LogP contribution < -0.4 is 10.1 Å². The third-order valence-electron chi connectivity index (χ3n) is 5.07. The van der Waals surface area contributed by atoms with Gasteiger partial charge in [-0.2, -0.15) is 0 Å². The topological polar surface area (TPSA) is 119 Å². The van der Waals surface area contributed by atoms with Crippen molar-refractivity contribution in [2.75, 3.05) is 11.9 Å². The van der Waals surface area contributed by atoms with Crippen molar-refractivity contribution < 1.29 is 24.0 Å². The fourth-order valence-electron chi connectivity index (χ4n) is 3.32. The number of nitrogens with one attached hydrogen (secondary N) is 1. The SMILES string of the molecule is O=C(COc1ccc(/C=C2\SC(=O)N(Cc3ccccc3[N+](=O)[O-])C2=O)cc1)Nc1ccc(Cl)cc1. The van der Waals surface area contributed by atoms with Crippen LogP contribution in [0.4, 0.5) is 16.2 Å². The quantitative estimate of drug-likeness (QED) is 0.235. The molecule has 0 atom stereocenters. The molecule has 182 valence electrons. The minimum atomic E-state index is -0.546. The monoisotopic (exact) mass is 523 g/mol. The van der Waals surface area contributed by atoms with Crippen molar-refractivity contribution >= 4 is 57.9 Å². The van der Waals surface area contributed by atoms with Crippen molar-refractivity contribution in [3.8, 4) is 5.75 Å². The molecule has 0 spiro atoms. The number of thioether (sulfide) groups is 1. The first-order valence-electron chi connectivity index (χ1n) is 10.6. The van der Waals surface area contributed by atoms with Crippen molar-refractivity contribution in [2.45, 2.75) is 6.54 Å². The second-order valence-electron chi connectivity index (χ2n) is 7.57. The van der Waals surface area contributed by atoms with Crippen molar-refractivity contribution in [3.63, 3.8) is 0 Å². The van der Waals surface area contributed by atoms with Gasteiger partial charge in [-0.1, -0.05) is 41.9 Å². The summed E-state index contributed by atoms with van der Waals surface area (Å²) in [6, 6.07) is 19.3. The Morgan fingerprint density at radius 1 is 1.06 bits per heavy atom. The third kappa shape index (κ3) is 6.09. The van der Waals surface area contributed by atoms with Crippen LogP contribution in [0.3, 0.4) is 0 Å². The van der Waals surface area contributed by atoms with E-state index in [1.54, 1.807) is 60.7 Å². The lowest BCUT2D eigenvalue weighted by atomic mass is 10.1. The van der Waals surface area contributed by atoms with Gasteiger partial charge in [-0.3, -0.25) is 29.4 Å². The molecule has 0 bridgehead atoms. The first kappa shape index (κ1) is 25.0. The molecule has 1 saturated heterocycles. The number of hydrogen-bond acceptors (Lipinski definition) is 7. The first-order valence-corrected chi connectivity index (χ1v) is 11.8. The van der Waals surface area contributed by atoms with Crippen LogP contribution in [-0.2, 0) is 16.1 Å². The number of rotatable bonds is 8. The molecule has 0 unspecified atom stereocenters. The largest absolute Gasteiger partial charge is 0.484 e. The second kappa shape index (κ2) is 11.1. The number of amides is 3.